The number of nitrogens with zero attached hydrogens (tertiary/aromatic N) is 2. The Balaban J connectivity index is 2.40. The summed E-state index contributed by atoms with van der Waals surface area (Å²) in [7, 11) is 0. The highest BCUT2D eigenvalue weighted by atomic mass is 127. The van der Waals surface area contributed by atoms with Crippen LogP contribution in [0.15, 0.2) is 12.1 Å². The van der Waals surface area contributed by atoms with E-state index >= 15 is 0 Å². The van der Waals surface area contributed by atoms with Crippen molar-refractivity contribution < 1.29 is 19.6 Å². The zero-order valence-electron chi connectivity index (χ0n) is 13.5. The number of aliphatic hydroxyl groups excluding tert-OH is 1. The number of nitro benzene ring substituents is 1. The molecule has 2 rings (SSSR count). The van der Waals surface area contributed by atoms with Gasteiger partial charge in [-0.2, -0.15) is 0 Å². The molecule has 9 heteroatoms. The van der Waals surface area contributed by atoms with Crippen molar-refractivity contribution >= 4 is 40.1 Å². The maximum atomic E-state index is 11.4. The first-order valence-electron chi connectivity index (χ1n) is 7.47. The average Bonchev–Trinajstić information content (AvgIpc) is 2.84. The fourth-order valence-electron chi connectivity index (χ4n) is 2.88. The number of β-amino-alcohol motifs (C(OH)–C–C–N with tert-alkyl or cyclic N) is 1. The van der Waals surface area contributed by atoms with E-state index in [4.69, 9.17) is 10.5 Å². The Labute approximate surface area is 153 Å². The molecule has 1 atom stereocenters. The molecule has 0 aromatic heterocycles. The van der Waals surface area contributed by atoms with Crippen molar-refractivity contribution in [2.24, 2.45) is 5.73 Å². The van der Waals surface area contributed by atoms with Crippen molar-refractivity contribution in [1.29, 1.82) is 0 Å². The second-order valence-electron chi connectivity index (χ2n) is 6.44. The van der Waals surface area contributed by atoms with E-state index in [2.05, 4.69) is 22.6 Å². The van der Waals surface area contributed by atoms with Crippen LogP contribution in [0.5, 0.6) is 0 Å². The number of hydrogen-bond acceptors (Lipinski definition) is 6. The third-order valence-electron chi connectivity index (χ3n) is 3.84. The van der Waals surface area contributed by atoms with Crippen LogP contribution in [0.3, 0.4) is 0 Å². The molecule has 1 heterocycles. The lowest BCUT2D eigenvalue weighted by molar-refractivity contribution is -0.385. The Hall–Kier alpha value is -1.62. The van der Waals surface area contributed by atoms with E-state index in [0.29, 0.717) is 25.1 Å². The predicted molar refractivity (Wildman–Crippen MR) is 97.1 cm³/mol. The number of ether oxygens (including phenoxy) is 1. The maximum Gasteiger partial charge on any atom is 0.405 e. The smallest absolute Gasteiger partial charge is 0.405 e. The summed E-state index contributed by atoms with van der Waals surface area (Å²) in [6.07, 6.45) is -0.490. The summed E-state index contributed by atoms with van der Waals surface area (Å²) < 4.78 is 5.79. The van der Waals surface area contributed by atoms with Gasteiger partial charge in [-0.1, -0.05) is 0 Å². The molecule has 1 aromatic carbocycles. The summed E-state index contributed by atoms with van der Waals surface area (Å²) >= 11 is 2.06. The first-order chi connectivity index (χ1) is 11.1. The van der Waals surface area contributed by atoms with Gasteiger partial charge < -0.3 is 20.5 Å². The monoisotopic (exact) mass is 449 g/mol. The molecule has 3 N–H and O–H groups in total. The molecule has 24 heavy (non-hydrogen) atoms. The van der Waals surface area contributed by atoms with Crippen LogP contribution in [0.25, 0.3) is 0 Å². The molecule has 0 bridgehead atoms. The number of primary amides is 1. The lowest BCUT2D eigenvalue weighted by atomic mass is 9.96. The number of aliphatic hydroxyl groups is 1. The SMILES string of the molecule is CC(C)(Cc1cc(N2CC[C@@H](O)C2)c(I)cc1[N+](=O)[O-])OC(N)=O. The third-order valence-corrected chi connectivity index (χ3v) is 4.71. The van der Waals surface area contributed by atoms with Gasteiger partial charge in [-0.15, -0.1) is 0 Å². The zero-order chi connectivity index (χ0) is 18.1. The van der Waals surface area contributed by atoms with Crippen molar-refractivity contribution in [3.63, 3.8) is 0 Å². The van der Waals surface area contributed by atoms with Gasteiger partial charge >= 0.3 is 6.09 Å². The summed E-state index contributed by atoms with van der Waals surface area (Å²) in [6.45, 7) is 4.49. The summed E-state index contributed by atoms with van der Waals surface area (Å²) in [5.41, 5.74) is 5.37. The van der Waals surface area contributed by atoms with E-state index < -0.39 is 22.7 Å². The highest BCUT2D eigenvalue weighted by Crippen LogP contribution is 2.34. The van der Waals surface area contributed by atoms with Crippen LogP contribution in [0.4, 0.5) is 16.2 Å². The van der Waals surface area contributed by atoms with E-state index in [1.54, 1.807) is 19.9 Å². The first kappa shape index (κ1) is 18.7. The molecule has 1 aromatic rings. The Kier molecular flexibility index (Phi) is 5.53. The van der Waals surface area contributed by atoms with E-state index in [1.165, 1.54) is 6.07 Å². The summed E-state index contributed by atoms with van der Waals surface area (Å²) in [5, 5.41) is 21.1. The van der Waals surface area contributed by atoms with Gasteiger partial charge in [-0.3, -0.25) is 10.1 Å². The molecule has 1 fully saturated rings. The van der Waals surface area contributed by atoms with Crippen molar-refractivity contribution in [2.45, 2.75) is 38.4 Å². The Morgan fingerprint density at radius 1 is 1.58 bits per heavy atom. The number of rotatable bonds is 5. The van der Waals surface area contributed by atoms with E-state index in [-0.39, 0.29) is 12.1 Å². The minimum Gasteiger partial charge on any atom is -0.443 e. The summed E-state index contributed by atoms with van der Waals surface area (Å²) in [4.78, 5) is 24.0. The minimum absolute atomic E-state index is 0.0240. The number of nitro groups is 1. The second-order valence-corrected chi connectivity index (χ2v) is 7.60. The number of benzene rings is 1. The molecular weight excluding hydrogens is 429 g/mol. The highest BCUT2D eigenvalue weighted by Gasteiger charge is 2.30. The molecule has 1 aliphatic rings. The van der Waals surface area contributed by atoms with Crippen molar-refractivity contribution in [3.8, 4) is 0 Å². The summed E-state index contributed by atoms with van der Waals surface area (Å²) in [6, 6.07) is 3.25. The Morgan fingerprint density at radius 2 is 2.25 bits per heavy atom. The van der Waals surface area contributed by atoms with Crippen LogP contribution in [-0.4, -0.2) is 40.9 Å². The van der Waals surface area contributed by atoms with Gasteiger partial charge in [0.15, 0.2) is 0 Å². The number of amides is 1. The van der Waals surface area contributed by atoms with Gasteiger partial charge in [-0.05, 0) is 48.9 Å². The largest absolute Gasteiger partial charge is 0.443 e. The molecule has 0 saturated carbocycles. The van der Waals surface area contributed by atoms with Gasteiger partial charge in [0.2, 0.25) is 0 Å². The Morgan fingerprint density at radius 3 is 2.75 bits per heavy atom. The quantitative estimate of drug-likeness (QED) is 0.404. The minimum atomic E-state index is -0.967. The highest BCUT2D eigenvalue weighted by molar-refractivity contribution is 14.1. The predicted octanol–water partition coefficient (Wildman–Crippen LogP) is 2.19. The molecule has 0 unspecified atom stereocenters. The van der Waals surface area contributed by atoms with Crippen LogP contribution < -0.4 is 10.6 Å². The van der Waals surface area contributed by atoms with Crippen molar-refractivity contribution in [3.05, 3.63) is 31.4 Å². The van der Waals surface area contributed by atoms with Crippen LogP contribution in [0.2, 0.25) is 0 Å². The number of nitrogens with two attached hydrogens (primary N) is 1. The van der Waals surface area contributed by atoms with Gasteiger partial charge in [0.05, 0.1) is 16.7 Å². The fraction of sp³-hybridized carbons (Fsp3) is 0.533. The first-order valence-corrected chi connectivity index (χ1v) is 8.55. The van der Waals surface area contributed by atoms with Gasteiger partial charge in [-0.25, -0.2) is 4.79 Å². The normalized spacial score (nSPS) is 17.8. The van der Waals surface area contributed by atoms with E-state index in [1.807, 2.05) is 4.90 Å². The molecule has 0 aliphatic carbocycles. The van der Waals surface area contributed by atoms with Crippen LogP contribution in [0.1, 0.15) is 25.8 Å². The molecule has 1 aliphatic heterocycles. The van der Waals surface area contributed by atoms with Gasteiger partial charge in [0, 0.05) is 34.7 Å². The molecule has 132 valence electrons. The molecule has 1 saturated heterocycles. The van der Waals surface area contributed by atoms with Crippen molar-refractivity contribution in [2.75, 3.05) is 18.0 Å². The number of hydrogen-bond donors (Lipinski definition) is 2. The number of carbonyl (C=O) groups is 1. The van der Waals surface area contributed by atoms with Gasteiger partial charge in [0.25, 0.3) is 5.69 Å². The van der Waals surface area contributed by atoms with Crippen LogP contribution in [0, 0.1) is 13.7 Å². The maximum absolute atomic E-state index is 11.4. The van der Waals surface area contributed by atoms with Gasteiger partial charge in [0.1, 0.15) is 5.60 Å². The number of halogens is 1. The average molecular weight is 449 g/mol. The van der Waals surface area contributed by atoms with E-state index in [0.717, 1.165) is 9.26 Å². The standard InChI is InChI=1S/C15H20IN3O5/c1-15(2,24-14(17)21)7-9-5-13(18-4-3-10(20)8-18)11(16)6-12(9)19(22)23/h5-6,10,20H,3-4,7-8H2,1-2H3,(H2,17,21)/t10-/m1/s1. The van der Waals surface area contributed by atoms with Crippen LogP contribution in [-0.2, 0) is 11.2 Å². The molecule has 0 spiro atoms. The zero-order valence-corrected chi connectivity index (χ0v) is 15.6. The lowest BCUT2D eigenvalue weighted by Gasteiger charge is -2.25. The third kappa shape index (κ3) is 4.47. The molecule has 1 amide bonds. The number of anilines is 1. The second kappa shape index (κ2) is 7.09. The Bertz CT molecular complexity index is 665. The molecule has 8 nitrogen and oxygen atoms in total. The fourth-order valence-corrected chi connectivity index (χ4v) is 3.67. The van der Waals surface area contributed by atoms with E-state index in [9.17, 15) is 20.0 Å². The molecule has 0 radical (unpaired) electrons. The number of carbonyl (C=O) groups excluding carboxylic acids is 1. The van der Waals surface area contributed by atoms with Crippen LogP contribution >= 0.6 is 22.6 Å². The van der Waals surface area contributed by atoms with Crippen molar-refractivity contribution in [1.82, 2.24) is 0 Å². The topological polar surface area (TPSA) is 119 Å². The lowest BCUT2D eigenvalue weighted by Crippen LogP contribution is -2.33. The summed E-state index contributed by atoms with van der Waals surface area (Å²) in [5.74, 6) is 0. The molecular formula is C15H20IN3O5.